The van der Waals surface area contributed by atoms with E-state index in [2.05, 4.69) is 20.6 Å². The van der Waals surface area contributed by atoms with Crippen molar-refractivity contribution >= 4 is 16.9 Å². The zero-order valence-electron chi connectivity index (χ0n) is 8.79. The van der Waals surface area contributed by atoms with Crippen LogP contribution in [0.25, 0.3) is 22.3 Å². The summed E-state index contributed by atoms with van der Waals surface area (Å²) >= 11 is 0. The second kappa shape index (κ2) is 3.84. The summed E-state index contributed by atoms with van der Waals surface area (Å²) in [5.41, 5.74) is 4.09. The normalized spacial score (nSPS) is 10.6. The van der Waals surface area contributed by atoms with E-state index in [9.17, 15) is 0 Å². The van der Waals surface area contributed by atoms with Gasteiger partial charge in [0.1, 0.15) is 0 Å². The first-order valence-electron chi connectivity index (χ1n) is 5.02. The Labute approximate surface area is 96.4 Å². The van der Waals surface area contributed by atoms with Gasteiger partial charge < -0.3 is 4.52 Å². The first kappa shape index (κ1) is 9.73. The minimum absolute atomic E-state index is 0.186. The van der Waals surface area contributed by atoms with E-state index in [1.54, 1.807) is 6.20 Å². The highest BCUT2D eigenvalue weighted by atomic mass is 16.5. The van der Waals surface area contributed by atoms with E-state index in [-0.39, 0.29) is 6.01 Å². The molecule has 0 unspecified atom stereocenters. The maximum atomic E-state index is 5.18. The molecule has 84 valence electrons. The molecule has 0 saturated heterocycles. The van der Waals surface area contributed by atoms with Crippen molar-refractivity contribution in [1.29, 1.82) is 0 Å². The van der Waals surface area contributed by atoms with Crippen LogP contribution in [0.2, 0.25) is 0 Å². The number of nitrogens with two attached hydrogens (primary N) is 1. The minimum atomic E-state index is 0.186. The summed E-state index contributed by atoms with van der Waals surface area (Å²) in [6.07, 6.45) is 1.76. The highest BCUT2D eigenvalue weighted by molar-refractivity contribution is 5.83. The topological polar surface area (TPSA) is 89.9 Å². The maximum absolute atomic E-state index is 5.18. The van der Waals surface area contributed by atoms with Crippen molar-refractivity contribution in [2.75, 3.05) is 5.43 Å². The van der Waals surface area contributed by atoms with E-state index in [0.29, 0.717) is 5.82 Å². The zero-order valence-corrected chi connectivity index (χ0v) is 8.79. The van der Waals surface area contributed by atoms with Crippen LogP contribution >= 0.6 is 0 Å². The molecule has 3 N–H and O–H groups in total. The Balaban J connectivity index is 2.11. The molecule has 2 heterocycles. The van der Waals surface area contributed by atoms with Gasteiger partial charge in [-0.05, 0) is 24.3 Å². The van der Waals surface area contributed by atoms with Gasteiger partial charge in [0.15, 0.2) is 0 Å². The van der Waals surface area contributed by atoms with Gasteiger partial charge in [-0.1, -0.05) is 11.2 Å². The Bertz CT molecular complexity index is 664. The number of hydrogen-bond acceptors (Lipinski definition) is 6. The van der Waals surface area contributed by atoms with Crippen molar-refractivity contribution in [1.82, 2.24) is 15.1 Å². The van der Waals surface area contributed by atoms with Crippen LogP contribution in [0.1, 0.15) is 0 Å². The van der Waals surface area contributed by atoms with Gasteiger partial charge in [-0.25, -0.2) is 5.84 Å². The Morgan fingerprint density at radius 3 is 3.00 bits per heavy atom. The summed E-state index contributed by atoms with van der Waals surface area (Å²) in [7, 11) is 0. The van der Waals surface area contributed by atoms with Crippen molar-refractivity contribution in [3.05, 3.63) is 36.5 Å². The van der Waals surface area contributed by atoms with Crippen LogP contribution in [0.15, 0.2) is 41.1 Å². The summed E-state index contributed by atoms with van der Waals surface area (Å²) in [6.45, 7) is 0. The molecule has 0 aliphatic heterocycles. The number of nitrogen functional groups attached to an aromatic ring is 1. The molecule has 0 fully saturated rings. The van der Waals surface area contributed by atoms with Gasteiger partial charge in [0, 0.05) is 17.1 Å². The summed E-state index contributed by atoms with van der Waals surface area (Å²) in [5.74, 6) is 5.67. The van der Waals surface area contributed by atoms with Gasteiger partial charge in [0.25, 0.3) is 0 Å². The number of aromatic nitrogens is 3. The smallest absolute Gasteiger partial charge is 0.314 e. The fourth-order valence-corrected chi connectivity index (χ4v) is 1.61. The van der Waals surface area contributed by atoms with E-state index < -0.39 is 0 Å². The number of pyridine rings is 1. The zero-order chi connectivity index (χ0) is 11.7. The molecule has 6 heteroatoms. The van der Waals surface area contributed by atoms with E-state index in [0.717, 1.165) is 16.5 Å². The monoisotopic (exact) mass is 227 g/mol. The molecule has 0 saturated carbocycles. The van der Waals surface area contributed by atoms with Crippen LogP contribution < -0.4 is 11.3 Å². The lowest BCUT2D eigenvalue weighted by Gasteiger charge is -1.98. The summed E-state index contributed by atoms with van der Waals surface area (Å²) in [4.78, 5) is 8.31. The molecule has 3 rings (SSSR count). The van der Waals surface area contributed by atoms with Gasteiger partial charge in [-0.15, -0.1) is 0 Å². The molecule has 0 amide bonds. The molecule has 0 atom stereocenters. The van der Waals surface area contributed by atoms with E-state index >= 15 is 0 Å². The molecule has 0 radical (unpaired) electrons. The second-order valence-corrected chi connectivity index (χ2v) is 3.48. The number of hydrazine groups is 1. The Morgan fingerprint density at radius 2 is 2.18 bits per heavy atom. The average Bonchev–Trinajstić information content (AvgIpc) is 2.87. The lowest BCUT2D eigenvalue weighted by Crippen LogP contribution is -2.06. The molecule has 17 heavy (non-hydrogen) atoms. The van der Waals surface area contributed by atoms with Crippen molar-refractivity contribution in [2.45, 2.75) is 0 Å². The minimum Gasteiger partial charge on any atom is -0.314 e. The fourth-order valence-electron chi connectivity index (χ4n) is 1.61. The molecule has 0 spiro atoms. The lowest BCUT2D eigenvalue weighted by atomic mass is 10.1. The molecule has 6 nitrogen and oxygen atoms in total. The number of fused-ring (bicyclic) bond motifs is 1. The van der Waals surface area contributed by atoms with Crippen molar-refractivity contribution in [2.24, 2.45) is 5.84 Å². The molecule has 0 aliphatic rings. The Kier molecular flexibility index (Phi) is 2.20. The van der Waals surface area contributed by atoms with Crippen molar-refractivity contribution < 1.29 is 4.52 Å². The third kappa shape index (κ3) is 1.70. The third-order valence-corrected chi connectivity index (χ3v) is 2.41. The number of benzene rings is 1. The Morgan fingerprint density at radius 1 is 1.24 bits per heavy atom. The van der Waals surface area contributed by atoms with Crippen LogP contribution in [-0.2, 0) is 0 Å². The number of nitrogens with zero attached hydrogens (tertiary/aromatic N) is 3. The highest BCUT2D eigenvalue weighted by Gasteiger charge is 2.07. The van der Waals surface area contributed by atoms with Crippen LogP contribution in [0.3, 0.4) is 0 Å². The van der Waals surface area contributed by atoms with Crippen LogP contribution in [-0.4, -0.2) is 15.1 Å². The van der Waals surface area contributed by atoms with Crippen LogP contribution in [0.4, 0.5) is 6.01 Å². The summed E-state index contributed by atoms with van der Waals surface area (Å²) in [5, 5.41) is 4.84. The van der Waals surface area contributed by atoms with E-state index in [4.69, 9.17) is 10.4 Å². The average molecular weight is 227 g/mol. The molecule has 1 aromatic carbocycles. The molecular formula is C11H9N5O. The largest absolute Gasteiger partial charge is 0.335 e. The van der Waals surface area contributed by atoms with Gasteiger partial charge in [-0.2, -0.15) is 4.98 Å². The molecule has 0 bridgehead atoms. The highest BCUT2D eigenvalue weighted by Crippen LogP contribution is 2.21. The van der Waals surface area contributed by atoms with Gasteiger partial charge >= 0.3 is 6.01 Å². The fraction of sp³-hybridized carbons (Fsp3) is 0. The Hall–Kier alpha value is -2.47. The summed E-state index contributed by atoms with van der Waals surface area (Å²) < 4.78 is 4.87. The quantitative estimate of drug-likeness (QED) is 0.510. The molecule has 0 aliphatic carbocycles. The number of anilines is 1. The molecular weight excluding hydrogens is 218 g/mol. The lowest BCUT2D eigenvalue weighted by molar-refractivity contribution is 0.432. The predicted molar refractivity (Wildman–Crippen MR) is 62.8 cm³/mol. The van der Waals surface area contributed by atoms with Gasteiger partial charge in [-0.3, -0.25) is 10.4 Å². The van der Waals surface area contributed by atoms with Crippen LogP contribution in [0, 0.1) is 0 Å². The van der Waals surface area contributed by atoms with Gasteiger partial charge in [0.05, 0.1) is 5.52 Å². The molecule has 3 aromatic rings. The van der Waals surface area contributed by atoms with E-state index in [1.165, 1.54) is 0 Å². The number of nitrogens with one attached hydrogen (secondary N) is 1. The predicted octanol–water partition coefficient (Wildman–Crippen LogP) is 1.57. The SMILES string of the molecule is NNc1nc(-c2ccc3ncccc3c2)no1. The summed E-state index contributed by atoms with van der Waals surface area (Å²) in [6, 6.07) is 9.81. The first-order chi connectivity index (χ1) is 8.36. The first-order valence-corrected chi connectivity index (χ1v) is 5.02. The maximum Gasteiger partial charge on any atom is 0.335 e. The third-order valence-electron chi connectivity index (χ3n) is 2.41. The van der Waals surface area contributed by atoms with Gasteiger partial charge in [0.2, 0.25) is 5.82 Å². The second-order valence-electron chi connectivity index (χ2n) is 3.48. The van der Waals surface area contributed by atoms with Crippen molar-refractivity contribution in [3.8, 4) is 11.4 Å². The van der Waals surface area contributed by atoms with Crippen LogP contribution in [0.5, 0.6) is 0 Å². The number of hydrogen-bond donors (Lipinski definition) is 2. The molecule has 2 aromatic heterocycles. The van der Waals surface area contributed by atoms with E-state index in [1.807, 2.05) is 30.3 Å². The number of rotatable bonds is 2. The standard InChI is InChI=1S/C11H9N5O/c12-15-11-14-10(16-17-11)8-3-4-9-7(6-8)2-1-5-13-9/h1-6H,12H2,(H,14,15,16). The van der Waals surface area contributed by atoms with Crippen molar-refractivity contribution in [3.63, 3.8) is 0 Å².